The monoisotopic (exact) mass is 639 g/mol. The van der Waals surface area contributed by atoms with E-state index < -0.39 is 29.7 Å². The van der Waals surface area contributed by atoms with Crippen LogP contribution in [0.3, 0.4) is 0 Å². The third kappa shape index (κ3) is 19.3. The van der Waals surface area contributed by atoms with Crippen molar-refractivity contribution in [1.82, 2.24) is 15.4 Å². The van der Waals surface area contributed by atoms with Crippen LogP contribution in [-0.4, -0.2) is 71.5 Å². The van der Waals surface area contributed by atoms with E-state index in [9.17, 15) is 34.2 Å². The number of hydrogen-bond acceptors (Lipinski definition) is 10. The molecule has 0 fully saturated rings. The van der Waals surface area contributed by atoms with Gasteiger partial charge in [-0.25, -0.2) is 9.59 Å². The molecule has 1 atom stereocenters. The molecule has 0 aliphatic heterocycles. The molecule has 45 heavy (non-hydrogen) atoms. The van der Waals surface area contributed by atoms with Crippen LogP contribution in [0, 0.1) is 0 Å². The summed E-state index contributed by atoms with van der Waals surface area (Å²) in [6.45, 7) is 0.327. The molecule has 13 heteroatoms. The quantitative estimate of drug-likeness (QED) is 0.0846. The predicted molar refractivity (Wildman–Crippen MR) is 166 cm³/mol. The highest BCUT2D eigenvalue weighted by Crippen LogP contribution is 2.19. The van der Waals surface area contributed by atoms with E-state index in [1.54, 1.807) is 0 Å². The number of esters is 2. The lowest BCUT2D eigenvalue weighted by atomic mass is 10.0. The third-order valence-electron chi connectivity index (χ3n) is 7.37. The number of carbonyl (C=O) groups excluding carboxylic acids is 5. The van der Waals surface area contributed by atoms with Gasteiger partial charge in [-0.05, 0) is 32.1 Å². The van der Waals surface area contributed by atoms with Crippen molar-refractivity contribution in [3.8, 4) is 11.8 Å². The highest BCUT2D eigenvalue weighted by Gasteiger charge is 2.21. The second-order valence-corrected chi connectivity index (χ2v) is 11.1. The summed E-state index contributed by atoms with van der Waals surface area (Å²) in [5.74, 6) is -2.88. The van der Waals surface area contributed by atoms with Gasteiger partial charge in [0.05, 0.1) is 20.6 Å². The fourth-order valence-corrected chi connectivity index (χ4v) is 4.73. The highest BCUT2D eigenvalue weighted by molar-refractivity contribution is 5.84. The molecule has 1 aromatic heterocycles. The maximum atomic E-state index is 12.4. The topological polar surface area (TPSA) is 182 Å². The lowest BCUT2D eigenvalue weighted by Gasteiger charge is -2.16. The molecule has 256 valence electrons. The Morgan fingerprint density at radius 3 is 1.71 bits per heavy atom. The summed E-state index contributed by atoms with van der Waals surface area (Å²) in [6.07, 6.45) is 15.1. The van der Waals surface area contributed by atoms with Gasteiger partial charge in [0.1, 0.15) is 6.04 Å². The number of aromatic hydroxyl groups is 2. The largest absolute Gasteiger partial charge is 0.492 e. The van der Waals surface area contributed by atoms with Crippen LogP contribution >= 0.6 is 0 Å². The van der Waals surface area contributed by atoms with E-state index in [4.69, 9.17) is 9.57 Å². The standard InChI is InChI=1S/C32H53N3O10/c1-43-30(40)19-14-12-10-8-6-4-3-5-7-9-11-13-18-27(37)34-25(32(42)44-2)17-15-16-24-33-26(36)20-23-31(41)45-35-28(38)21-22-29(35)39/h21-22,25,38-39H,3-20,23-24H2,1-2H3,(H,33,36)(H,34,37). The number of rotatable bonds is 26. The number of carbonyl (C=O) groups is 5. The van der Waals surface area contributed by atoms with E-state index in [0.29, 0.717) is 43.4 Å². The van der Waals surface area contributed by atoms with Gasteiger partial charge in [-0.1, -0.05) is 64.2 Å². The Kier molecular flexibility index (Phi) is 21.4. The number of methoxy groups -OCH3 is 2. The molecular formula is C32H53N3O10. The second-order valence-electron chi connectivity index (χ2n) is 11.1. The summed E-state index contributed by atoms with van der Waals surface area (Å²) in [6, 6.07) is 1.56. The van der Waals surface area contributed by atoms with Gasteiger partial charge >= 0.3 is 17.9 Å². The van der Waals surface area contributed by atoms with Crippen molar-refractivity contribution < 1.29 is 48.5 Å². The van der Waals surface area contributed by atoms with E-state index >= 15 is 0 Å². The molecule has 0 spiro atoms. The van der Waals surface area contributed by atoms with E-state index in [2.05, 4.69) is 15.4 Å². The highest BCUT2D eigenvalue weighted by atomic mass is 16.7. The average Bonchev–Trinajstić information content (AvgIpc) is 3.34. The van der Waals surface area contributed by atoms with Crippen LogP contribution in [-0.2, 0) is 33.4 Å². The minimum Gasteiger partial charge on any atom is -0.492 e. The molecule has 0 bridgehead atoms. The van der Waals surface area contributed by atoms with Crippen molar-refractivity contribution in [1.29, 1.82) is 0 Å². The van der Waals surface area contributed by atoms with Crippen LogP contribution in [0.4, 0.5) is 0 Å². The van der Waals surface area contributed by atoms with Crippen LogP contribution in [0.5, 0.6) is 11.8 Å². The average molecular weight is 640 g/mol. The first-order valence-electron chi connectivity index (χ1n) is 16.2. The van der Waals surface area contributed by atoms with Gasteiger partial charge < -0.3 is 35.2 Å². The lowest BCUT2D eigenvalue weighted by molar-refractivity contribution is -0.146. The van der Waals surface area contributed by atoms with Crippen LogP contribution in [0.2, 0.25) is 0 Å². The van der Waals surface area contributed by atoms with Crippen LogP contribution in [0.15, 0.2) is 12.1 Å². The van der Waals surface area contributed by atoms with Crippen molar-refractivity contribution >= 4 is 29.7 Å². The predicted octanol–water partition coefficient (Wildman–Crippen LogP) is 4.21. The molecule has 1 aromatic rings. The van der Waals surface area contributed by atoms with Crippen molar-refractivity contribution in [3.05, 3.63) is 12.1 Å². The summed E-state index contributed by atoms with van der Waals surface area (Å²) in [7, 11) is 2.70. The van der Waals surface area contributed by atoms with Gasteiger partial charge in [-0.3, -0.25) is 14.4 Å². The van der Waals surface area contributed by atoms with Gasteiger partial charge in [0.25, 0.3) is 0 Å². The van der Waals surface area contributed by atoms with E-state index in [1.165, 1.54) is 46.3 Å². The van der Waals surface area contributed by atoms with Crippen LogP contribution in [0.1, 0.15) is 122 Å². The fraction of sp³-hybridized carbons (Fsp3) is 0.719. The van der Waals surface area contributed by atoms with E-state index in [1.807, 2.05) is 0 Å². The Hall–Kier alpha value is -3.77. The van der Waals surface area contributed by atoms with Gasteiger partial charge in [0.2, 0.25) is 23.6 Å². The first kappa shape index (κ1) is 39.3. The summed E-state index contributed by atoms with van der Waals surface area (Å²) < 4.78 is 10.0. The van der Waals surface area contributed by atoms with E-state index in [0.717, 1.165) is 57.1 Å². The number of amides is 2. The smallest absolute Gasteiger partial charge is 0.333 e. The number of unbranched alkanes of at least 4 members (excludes halogenated alkanes) is 12. The number of aromatic nitrogens is 1. The number of ether oxygens (including phenoxy) is 2. The second kappa shape index (κ2) is 24.5. The number of nitrogens with one attached hydrogen (secondary N) is 2. The lowest BCUT2D eigenvalue weighted by Crippen LogP contribution is -2.41. The summed E-state index contributed by atoms with van der Waals surface area (Å²) >= 11 is 0. The van der Waals surface area contributed by atoms with E-state index in [-0.39, 0.29) is 30.6 Å². The molecule has 1 unspecified atom stereocenters. The summed E-state index contributed by atoms with van der Waals surface area (Å²) in [5.41, 5.74) is 0. The summed E-state index contributed by atoms with van der Waals surface area (Å²) in [4.78, 5) is 64.2. The molecule has 0 saturated heterocycles. The summed E-state index contributed by atoms with van der Waals surface area (Å²) in [5, 5.41) is 24.4. The van der Waals surface area contributed by atoms with Gasteiger partial charge in [-0.15, -0.1) is 4.73 Å². The minimum atomic E-state index is -0.799. The molecule has 0 radical (unpaired) electrons. The van der Waals surface area contributed by atoms with Crippen LogP contribution in [0.25, 0.3) is 0 Å². The Balaban J connectivity index is 2.07. The molecule has 2 amide bonds. The first-order chi connectivity index (χ1) is 21.7. The molecule has 1 rings (SSSR count). The molecule has 0 aliphatic rings. The number of nitrogens with zero attached hydrogens (tertiary/aromatic N) is 1. The molecule has 1 heterocycles. The Labute approximate surface area is 266 Å². The SMILES string of the molecule is COC(=O)CCCCCCCCCCCCCCC(=O)NC(CCCCNC(=O)CCC(=O)On1c(O)ccc1O)C(=O)OC. The van der Waals surface area contributed by atoms with Crippen LogP contribution < -0.4 is 15.5 Å². The maximum absolute atomic E-state index is 12.4. The Morgan fingerprint density at radius 1 is 0.644 bits per heavy atom. The minimum absolute atomic E-state index is 0.132. The molecule has 4 N–H and O–H groups in total. The molecule has 13 nitrogen and oxygen atoms in total. The van der Waals surface area contributed by atoms with Gasteiger partial charge in [-0.2, -0.15) is 0 Å². The number of hydrogen-bond donors (Lipinski definition) is 4. The Morgan fingerprint density at radius 2 is 1.18 bits per heavy atom. The first-order valence-corrected chi connectivity index (χ1v) is 16.2. The fourth-order valence-electron chi connectivity index (χ4n) is 4.73. The van der Waals surface area contributed by atoms with Gasteiger partial charge in [0, 0.05) is 37.9 Å². The zero-order chi connectivity index (χ0) is 33.3. The third-order valence-corrected chi connectivity index (χ3v) is 7.37. The van der Waals surface area contributed by atoms with Crippen molar-refractivity contribution in [2.45, 2.75) is 128 Å². The van der Waals surface area contributed by atoms with Crippen molar-refractivity contribution in [2.75, 3.05) is 20.8 Å². The van der Waals surface area contributed by atoms with Gasteiger partial charge in [0.15, 0.2) is 0 Å². The zero-order valence-corrected chi connectivity index (χ0v) is 27.0. The van der Waals surface area contributed by atoms with Crippen molar-refractivity contribution in [3.63, 3.8) is 0 Å². The normalized spacial score (nSPS) is 11.4. The zero-order valence-electron chi connectivity index (χ0n) is 27.0. The molecular weight excluding hydrogens is 586 g/mol. The maximum Gasteiger partial charge on any atom is 0.333 e. The molecule has 0 aliphatic carbocycles. The molecule has 0 saturated carbocycles. The molecule has 0 aromatic carbocycles. The Bertz CT molecular complexity index is 1010. The van der Waals surface area contributed by atoms with Crippen molar-refractivity contribution in [2.24, 2.45) is 0 Å².